The summed E-state index contributed by atoms with van der Waals surface area (Å²) in [7, 11) is -3.55. The molecule has 3 aromatic heterocycles. The van der Waals surface area contributed by atoms with E-state index in [1.54, 1.807) is 18.2 Å². The zero-order chi connectivity index (χ0) is 22.2. The van der Waals surface area contributed by atoms with Crippen LogP contribution in [0.3, 0.4) is 0 Å². The number of carboxylic acids is 1. The molecule has 158 valence electrons. The number of carboxylic acid groups (broad SMARTS) is 1. The second kappa shape index (κ2) is 8.95. The summed E-state index contributed by atoms with van der Waals surface area (Å²) in [6.07, 6.45) is 6.17. The quantitative estimate of drug-likeness (QED) is 0.278. The van der Waals surface area contributed by atoms with Crippen molar-refractivity contribution in [2.45, 2.75) is 6.61 Å². The van der Waals surface area contributed by atoms with Crippen molar-refractivity contribution < 1.29 is 41.9 Å². The van der Waals surface area contributed by atoms with E-state index < -0.39 is 16.0 Å². The Labute approximate surface area is 193 Å². The predicted molar refractivity (Wildman–Crippen MR) is 106 cm³/mol. The fourth-order valence-electron chi connectivity index (χ4n) is 2.75. The molecule has 11 nitrogen and oxygen atoms in total. The number of carbonyl (C=O) groups is 1. The van der Waals surface area contributed by atoms with Gasteiger partial charge in [-0.15, -0.1) is 0 Å². The molecule has 0 unspecified atom stereocenters. The third-order valence-electron chi connectivity index (χ3n) is 4.29. The van der Waals surface area contributed by atoms with Gasteiger partial charge in [0.25, 0.3) is 10.0 Å². The van der Waals surface area contributed by atoms with E-state index in [2.05, 4.69) is 15.2 Å². The second-order valence-electron chi connectivity index (χ2n) is 6.56. The largest absolute Gasteiger partial charge is 1.00 e. The molecule has 0 fully saturated rings. The minimum atomic E-state index is -3.55. The summed E-state index contributed by atoms with van der Waals surface area (Å²) >= 11 is 0. The predicted octanol–water partition coefficient (Wildman–Crippen LogP) is -3.27. The summed E-state index contributed by atoms with van der Waals surface area (Å²) in [5, 5.41) is 19.5. The van der Waals surface area contributed by atoms with Gasteiger partial charge in [0.15, 0.2) is 0 Å². The van der Waals surface area contributed by atoms with Crippen LogP contribution in [0.5, 0.6) is 5.75 Å². The van der Waals surface area contributed by atoms with Crippen LogP contribution in [-0.4, -0.2) is 44.6 Å². The molecule has 32 heavy (non-hydrogen) atoms. The summed E-state index contributed by atoms with van der Waals surface area (Å²) in [6.45, 7) is -0.168. The number of nitrogens with zero attached hydrogens (tertiary/aromatic N) is 5. The molecule has 0 saturated carbocycles. The zero-order valence-electron chi connectivity index (χ0n) is 17.0. The molecule has 4 aromatic rings. The molecule has 0 aliphatic carbocycles. The number of aromatic nitrogens is 5. The van der Waals surface area contributed by atoms with E-state index in [0.717, 1.165) is 10.3 Å². The number of ether oxygens (including phenoxy) is 1. The van der Waals surface area contributed by atoms with E-state index in [0.29, 0.717) is 22.3 Å². The maximum atomic E-state index is 12.2. The third kappa shape index (κ3) is 4.88. The maximum absolute atomic E-state index is 12.2. The van der Waals surface area contributed by atoms with Crippen LogP contribution in [0.4, 0.5) is 0 Å². The Bertz CT molecular complexity index is 1480. The molecule has 0 saturated heterocycles. The van der Waals surface area contributed by atoms with Gasteiger partial charge in [0, 0.05) is 29.4 Å². The molecule has 4 rings (SSSR count). The van der Waals surface area contributed by atoms with Crippen molar-refractivity contribution in [3.8, 4) is 11.4 Å². The van der Waals surface area contributed by atoms with E-state index in [1.807, 2.05) is 0 Å². The second-order valence-corrected chi connectivity index (χ2v) is 8.40. The molecule has 0 N–H and O–H groups in total. The summed E-state index contributed by atoms with van der Waals surface area (Å²) in [5.41, 5.74) is 0.565. The molecule has 3 heterocycles. The van der Waals surface area contributed by atoms with Crippen LogP contribution in [0.2, 0.25) is 0 Å². The normalized spacial score (nSPS) is 11.2. The smallest absolute Gasteiger partial charge is 0.545 e. The third-order valence-corrected chi connectivity index (χ3v) is 5.17. The average molecular weight is 447 g/mol. The summed E-state index contributed by atoms with van der Waals surface area (Å²) in [6, 6.07) is 7.57. The SMILES string of the molecule is CS(=O)(=O)n1cc(-n2ccc(=O)c(COc3ccc4ncc(C(=O)[O-])cc4c3)n2)cn1.[Li+]. The van der Waals surface area contributed by atoms with Crippen LogP contribution >= 0.6 is 0 Å². The molecule has 0 amide bonds. The molecule has 1 aromatic carbocycles. The van der Waals surface area contributed by atoms with Crippen molar-refractivity contribution in [1.82, 2.24) is 24.0 Å². The first-order valence-electron chi connectivity index (χ1n) is 8.79. The van der Waals surface area contributed by atoms with Gasteiger partial charge in [0.2, 0.25) is 5.43 Å². The van der Waals surface area contributed by atoms with Crippen molar-refractivity contribution >= 4 is 26.9 Å². The van der Waals surface area contributed by atoms with Crippen LogP contribution < -0.4 is 34.1 Å². The monoisotopic (exact) mass is 447 g/mol. The van der Waals surface area contributed by atoms with E-state index >= 15 is 0 Å². The number of hydrogen-bond donors (Lipinski definition) is 0. The standard InChI is InChI=1S/C19H15N5O6S.Li/c1-31(28,29)24-10-14(9-21-24)23-5-4-18(25)17(22-23)11-30-15-2-3-16-12(7-15)6-13(8-20-16)19(26)27;/h2-10H,11H2,1H3,(H,26,27);/q;+1/p-1. The Kier molecular flexibility index (Phi) is 6.49. The number of fused-ring (bicyclic) bond motifs is 1. The fraction of sp³-hybridized carbons (Fsp3) is 0.105. The number of rotatable bonds is 6. The van der Waals surface area contributed by atoms with E-state index in [1.165, 1.54) is 41.6 Å². The average Bonchev–Trinajstić information content (AvgIpc) is 3.23. The van der Waals surface area contributed by atoms with Gasteiger partial charge in [-0.1, -0.05) is 0 Å². The van der Waals surface area contributed by atoms with E-state index in [4.69, 9.17) is 4.74 Å². The maximum Gasteiger partial charge on any atom is 1.00 e. The van der Waals surface area contributed by atoms with Crippen molar-refractivity contribution in [3.05, 3.63) is 76.6 Å². The molecule has 0 aliphatic rings. The first-order valence-corrected chi connectivity index (χ1v) is 10.6. The van der Waals surface area contributed by atoms with E-state index in [-0.39, 0.29) is 42.2 Å². The van der Waals surface area contributed by atoms with Crippen LogP contribution in [0, 0.1) is 0 Å². The van der Waals surface area contributed by atoms with Crippen LogP contribution in [-0.2, 0) is 16.6 Å². The van der Waals surface area contributed by atoms with Gasteiger partial charge < -0.3 is 14.6 Å². The Morgan fingerprint density at radius 1 is 1.19 bits per heavy atom. The molecule has 0 aliphatic heterocycles. The fourth-order valence-corrected chi connectivity index (χ4v) is 3.27. The van der Waals surface area contributed by atoms with Gasteiger partial charge in [-0.05, 0) is 24.3 Å². The van der Waals surface area contributed by atoms with E-state index in [9.17, 15) is 23.1 Å². The molecule has 13 heteroatoms. The van der Waals surface area contributed by atoms with Crippen molar-refractivity contribution in [3.63, 3.8) is 0 Å². The molecule has 0 bridgehead atoms. The topological polar surface area (TPSA) is 149 Å². The Morgan fingerprint density at radius 2 is 1.97 bits per heavy atom. The summed E-state index contributed by atoms with van der Waals surface area (Å²) in [4.78, 5) is 27.2. The number of hydrogen-bond acceptors (Lipinski definition) is 9. The van der Waals surface area contributed by atoms with Crippen LogP contribution in [0.1, 0.15) is 16.1 Å². The van der Waals surface area contributed by atoms with Crippen molar-refractivity contribution in [2.75, 3.05) is 6.26 Å². The Hall–Kier alpha value is -3.46. The molecular weight excluding hydrogens is 433 g/mol. The van der Waals surface area contributed by atoms with Gasteiger partial charge >= 0.3 is 18.9 Å². The van der Waals surface area contributed by atoms with Crippen molar-refractivity contribution in [1.29, 1.82) is 0 Å². The molecule has 0 radical (unpaired) electrons. The summed E-state index contributed by atoms with van der Waals surface area (Å²) in [5.74, 6) is -0.958. The van der Waals surface area contributed by atoms with Gasteiger partial charge in [-0.2, -0.15) is 14.3 Å². The Balaban J connectivity index is 0.00000289. The van der Waals surface area contributed by atoms with Gasteiger partial charge in [0.1, 0.15) is 23.7 Å². The molecule has 0 spiro atoms. The number of benzene rings is 1. The zero-order valence-corrected chi connectivity index (χ0v) is 17.8. The first-order chi connectivity index (χ1) is 14.7. The molecule has 0 atom stereocenters. The Morgan fingerprint density at radius 3 is 2.66 bits per heavy atom. The summed E-state index contributed by atoms with van der Waals surface area (Å²) < 4.78 is 30.9. The number of carbonyl (C=O) groups excluding carboxylic acids is 1. The van der Waals surface area contributed by atoms with Gasteiger partial charge in [0.05, 0.1) is 30.1 Å². The first kappa shape index (κ1) is 23.2. The number of pyridine rings is 1. The number of aromatic carboxylic acids is 1. The van der Waals surface area contributed by atoms with Gasteiger partial charge in [-0.25, -0.2) is 13.1 Å². The minimum Gasteiger partial charge on any atom is -0.545 e. The van der Waals surface area contributed by atoms with Crippen LogP contribution in [0.15, 0.2) is 59.9 Å². The van der Waals surface area contributed by atoms with Crippen molar-refractivity contribution in [2.24, 2.45) is 0 Å². The van der Waals surface area contributed by atoms with Crippen LogP contribution in [0.25, 0.3) is 16.6 Å². The molecular formula is C19H14LiN5O6S. The van der Waals surface area contributed by atoms with Gasteiger partial charge in [-0.3, -0.25) is 9.78 Å². The minimum absolute atomic E-state index is 0.